The number of unbranched alkanes of at least 4 members (excludes halogenated alkanes) is 18. The van der Waals surface area contributed by atoms with Crippen molar-refractivity contribution in [3.63, 3.8) is 0 Å². The van der Waals surface area contributed by atoms with Gasteiger partial charge in [-0.05, 0) is 26.7 Å². The van der Waals surface area contributed by atoms with Crippen molar-refractivity contribution >= 4 is 45.3 Å². The van der Waals surface area contributed by atoms with E-state index in [1.165, 1.54) is 128 Å². The summed E-state index contributed by atoms with van der Waals surface area (Å²) in [6, 6.07) is 0. The van der Waals surface area contributed by atoms with Gasteiger partial charge in [-0.1, -0.05) is 153 Å². The highest BCUT2D eigenvalue weighted by Gasteiger charge is 2.00. The second kappa shape index (κ2) is 30.0. The molecule has 0 bridgehead atoms. The zero-order valence-electron chi connectivity index (χ0n) is 26.0. The van der Waals surface area contributed by atoms with Crippen LogP contribution in [0.15, 0.2) is 20.4 Å². The predicted octanol–water partition coefficient (Wildman–Crippen LogP) is 10.1. The Labute approximate surface area is 250 Å². The Balaban J connectivity index is 3.88. The van der Waals surface area contributed by atoms with Gasteiger partial charge in [-0.3, -0.25) is 0 Å². The molecule has 228 valence electrons. The highest BCUT2D eigenvalue weighted by molar-refractivity contribution is 8.14. The minimum Gasteiger partial charge on any atom is -0.377 e. The van der Waals surface area contributed by atoms with Crippen LogP contribution in [0.1, 0.15) is 163 Å². The fourth-order valence-electron chi connectivity index (χ4n) is 4.30. The lowest BCUT2D eigenvalue weighted by molar-refractivity contribution is 0.563. The minimum atomic E-state index is 0.533. The number of amidine groups is 2. The molecule has 0 heterocycles. The second-order valence-corrected chi connectivity index (χ2v) is 13.0. The quantitative estimate of drug-likeness (QED) is 0.0458. The maximum absolute atomic E-state index is 6.02. The second-order valence-electron chi connectivity index (χ2n) is 10.8. The molecule has 0 saturated heterocycles. The van der Waals surface area contributed by atoms with Gasteiger partial charge in [0.1, 0.15) is 0 Å². The molecule has 0 unspecified atom stereocenters. The van der Waals surface area contributed by atoms with E-state index in [4.69, 9.17) is 11.5 Å². The van der Waals surface area contributed by atoms with E-state index >= 15 is 0 Å². The van der Waals surface area contributed by atoms with Crippen LogP contribution in [0.4, 0.5) is 0 Å². The van der Waals surface area contributed by atoms with Crippen LogP contribution < -0.4 is 11.5 Å². The van der Waals surface area contributed by atoms with Gasteiger partial charge >= 0.3 is 0 Å². The standard InChI is InChI=1S/C31H62N6S2/c1-5-7-9-11-13-15-17-19-21-23-25-38-30(32)36-34-28(3)27-29(4)35-37-31(33)39-26-24-22-20-18-16-14-12-10-8-6-2/h5-27H2,1-4H3,(H2,32,36)(H2,33,37)/b34-28+,35-29+. The van der Waals surface area contributed by atoms with E-state index in [1.807, 2.05) is 13.8 Å². The van der Waals surface area contributed by atoms with Gasteiger partial charge in [0.2, 0.25) is 0 Å². The van der Waals surface area contributed by atoms with Crippen LogP contribution in [0.2, 0.25) is 0 Å². The van der Waals surface area contributed by atoms with Crippen LogP contribution >= 0.6 is 23.5 Å². The van der Waals surface area contributed by atoms with E-state index in [-0.39, 0.29) is 0 Å². The lowest BCUT2D eigenvalue weighted by Gasteiger charge is -2.03. The highest BCUT2D eigenvalue weighted by atomic mass is 32.2. The van der Waals surface area contributed by atoms with Crippen molar-refractivity contribution in [3.8, 4) is 0 Å². The van der Waals surface area contributed by atoms with Crippen molar-refractivity contribution in [2.24, 2.45) is 31.9 Å². The molecular formula is C31H62N6S2. The summed E-state index contributed by atoms with van der Waals surface area (Å²) in [4.78, 5) is 0. The molecule has 0 amide bonds. The maximum atomic E-state index is 6.02. The van der Waals surface area contributed by atoms with Crippen LogP contribution in [-0.2, 0) is 0 Å². The van der Waals surface area contributed by atoms with E-state index < -0.39 is 0 Å². The average molecular weight is 583 g/mol. The zero-order chi connectivity index (χ0) is 28.8. The van der Waals surface area contributed by atoms with E-state index in [1.54, 1.807) is 23.5 Å². The topological polar surface area (TPSA) is 101 Å². The molecule has 0 aromatic rings. The van der Waals surface area contributed by atoms with Crippen LogP contribution in [0.5, 0.6) is 0 Å². The molecule has 0 rings (SSSR count). The molecule has 0 spiro atoms. The van der Waals surface area contributed by atoms with Crippen LogP contribution in [0.25, 0.3) is 0 Å². The molecule has 0 atom stereocenters. The summed E-state index contributed by atoms with van der Waals surface area (Å²) in [6.45, 7) is 8.42. The SMILES string of the molecule is CCCCCCCCCCCCS/C(N)=N/N=C(\C)C/C(C)=N/N=C(\N)SCCCCCCCCCCCC. The third-order valence-electron chi connectivity index (χ3n) is 6.65. The Morgan fingerprint density at radius 3 is 1.03 bits per heavy atom. The lowest BCUT2D eigenvalue weighted by atomic mass is 10.1. The number of nitrogens with two attached hydrogens (primary N) is 2. The molecule has 0 aromatic carbocycles. The Morgan fingerprint density at radius 2 is 0.718 bits per heavy atom. The number of nitrogens with zero attached hydrogens (tertiary/aromatic N) is 4. The van der Waals surface area contributed by atoms with Crippen molar-refractivity contribution in [3.05, 3.63) is 0 Å². The van der Waals surface area contributed by atoms with Gasteiger partial charge in [0, 0.05) is 29.3 Å². The highest BCUT2D eigenvalue weighted by Crippen LogP contribution is 2.14. The monoisotopic (exact) mass is 582 g/mol. The van der Waals surface area contributed by atoms with Crippen molar-refractivity contribution in [2.75, 3.05) is 11.5 Å². The first-order valence-corrected chi connectivity index (χ1v) is 17.9. The number of thioether (sulfide) groups is 2. The minimum absolute atomic E-state index is 0.533. The van der Waals surface area contributed by atoms with Crippen molar-refractivity contribution in [1.82, 2.24) is 0 Å². The van der Waals surface area contributed by atoms with Crippen LogP contribution in [-0.4, -0.2) is 33.3 Å². The van der Waals surface area contributed by atoms with Gasteiger partial charge in [0.25, 0.3) is 0 Å². The van der Waals surface area contributed by atoms with Gasteiger partial charge in [-0.25, -0.2) is 0 Å². The molecule has 4 N–H and O–H groups in total. The molecular weight excluding hydrogens is 521 g/mol. The Morgan fingerprint density at radius 1 is 0.436 bits per heavy atom. The third kappa shape index (κ3) is 29.8. The maximum Gasteiger partial charge on any atom is 0.180 e. The molecule has 0 aliphatic rings. The molecule has 8 heteroatoms. The number of rotatable bonds is 26. The van der Waals surface area contributed by atoms with Gasteiger partial charge in [-0.15, -0.1) is 10.2 Å². The molecule has 0 aliphatic heterocycles. The van der Waals surface area contributed by atoms with Crippen LogP contribution in [0, 0.1) is 0 Å². The summed E-state index contributed by atoms with van der Waals surface area (Å²) in [6.07, 6.45) is 27.5. The Bertz CT molecular complexity index is 620. The molecule has 39 heavy (non-hydrogen) atoms. The Kier molecular flexibility index (Phi) is 29.2. The van der Waals surface area contributed by atoms with Crippen molar-refractivity contribution < 1.29 is 0 Å². The van der Waals surface area contributed by atoms with Gasteiger partial charge < -0.3 is 11.5 Å². The number of hydrogen-bond donors (Lipinski definition) is 2. The number of hydrogen-bond acceptors (Lipinski definition) is 6. The first-order valence-electron chi connectivity index (χ1n) is 16.0. The smallest absolute Gasteiger partial charge is 0.180 e. The summed E-state index contributed by atoms with van der Waals surface area (Å²) in [5.41, 5.74) is 13.8. The van der Waals surface area contributed by atoms with Gasteiger partial charge in [-0.2, -0.15) is 10.2 Å². The predicted molar refractivity (Wildman–Crippen MR) is 183 cm³/mol. The lowest BCUT2D eigenvalue weighted by Crippen LogP contribution is -2.08. The first-order chi connectivity index (χ1) is 19.0. The third-order valence-corrected chi connectivity index (χ3v) is 8.39. The Hall–Kier alpha value is -1.02. The van der Waals surface area contributed by atoms with E-state index in [0.717, 1.165) is 22.9 Å². The van der Waals surface area contributed by atoms with Crippen molar-refractivity contribution in [1.29, 1.82) is 0 Å². The fourth-order valence-corrected chi connectivity index (χ4v) is 5.61. The average Bonchev–Trinajstić information content (AvgIpc) is 2.92. The van der Waals surface area contributed by atoms with Gasteiger partial charge in [0.05, 0.1) is 0 Å². The molecule has 0 saturated carbocycles. The van der Waals surface area contributed by atoms with E-state index in [0.29, 0.717) is 16.8 Å². The van der Waals surface area contributed by atoms with E-state index in [2.05, 4.69) is 34.3 Å². The molecule has 0 radical (unpaired) electrons. The molecule has 0 aliphatic carbocycles. The summed E-state index contributed by atoms with van der Waals surface area (Å²) < 4.78 is 0. The van der Waals surface area contributed by atoms with Gasteiger partial charge in [0.15, 0.2) is 10.3 Å². The zero-order valence-corrected chi connectivity index (χ0v) is 27.7. The summed E-state index contributed by atoms with van der Waals surface area (Å²) >= 11 is 3.19. The summed E-state index contributed by atoms with van der Waals surface area (Å²) in [5.74, 6) is 2.01. The molecule has 0 fully saturated rings. The fraction of sp³-hybridized carbons (Fsp3) is 0.871. The first kappa shape index (κ1) is 38.0. The summed E-state index contributed by atoms with van der Waals surface area (Å²) in [5, 5.41) is 17.9. The van der Waals surface area contributed by atoms with Crippen LogP contribution in [0.3, 0.4) is 0 Å². The molecule has 6 nitrogen and oxygen atoms in total. The largest absolute Gasteiger partial charge is 0.377 e. The van der Waals surface area contributed by atoms with Crippen molar-refractivity contribution in [2.45, 2.75) is 163 Å². The summed E-state index contributed by atoms with van der Waals surface area (Å²) in [7, 11) is 0. The van der Waals surface area contributed by atoms with E-state index in [9.17, 15) is 0 Å². The normalized spacial score (nSPS) is 13.4. The molecule has 0 aromatic heterocycles.